The van der Waals surface area contributed by atoms with Crippen LogP contribution in [-0.2, 0) is 17.6 Å². The number of benzene rings is 2. The second-order valence-corrected chi connectivity index (χ2v) is 8.08. The fraction of sp³-hybridized carbons (Fsp3) is 0.333. The molecule has 2 heterocycles. The number of aromatic nitrogens is 1. The average Bonchev–Trinajstić information content (AvgIpc) is 3.23. The van der Waals surface area contributed by atoms with Crippen molar-refractivity contribution in [2.24, 2.45) is 0 Å². The van der Waals surface area contributed by atoms with Gasteiger partial charge in [0.1, 0.15) is 11.5 Å². The molecule has 0 spiro atoms. The van der Waals surface area contributed by atoms with E-state index in [0.29, 0.717) is 30.3 Å². The monoisotopic (exact) mass is 424 g/mol. The molecule has 3 aromatic rings. The Morgan fingerprint density at radius 1 is 1.27 bits per heavy atom. The Hall–Kier alpha value is -2.79. The summed E-state index contributed by atoms with van der Waals surface area (Å²) >= 11 is 6.07. The van der Waals surface area contributed by atoms with Gasteiger partial charge in [0.05, 0.1) is 25.6 Å². The van der Waals surface area contributed by atoms with Crippen LogP contribution >= 0.6 is 11.6 Å². The van der Waals surface area contributed by atoms with E-state index in [2.05, 4.69) is 4.98 Å². The molecule has 1 aromatic heterocycles. The van der Waals surface area contributed by atoms with E-state index in [-0.39, 0.29) is 11.8 Å². The Morgan fingerprint density at radius 2 is 2.13 bits per heavy atom. The Bertz CT molecular complexity index is 1020. The number of nitrogens with zero attached hydrogens (tertiary/aromatic N) is 2. The van der Waals surface area contributed by atoms with E-state index in [4.69, 9.17) is 20.8 Å². The Labute approximate surface area is 181 Å². The number of halogens is 1. The van der Waals surface area contributed by atoms with E-state index in [1.807, 2.05) is 53.4 Å². The van der Waals surface area contributed by atoms with Gasteiger partial charge in [0.15, 0.2) is 5.89 Å². The summed E-state index contributed by atoms with van der Waals surface area (Å²) < 4.78 is 11.4. The van der Waals surface area contributed by atoms with Crippen molar-refractivity contribution >= 4 is 17.5 Å². The van der Waals surface area contributed by atoms with Gasteiger partial charge in [-0.3, -0.25) is 4.79 Å². The molecule has 1 atom stereocenters. The van der Waals surface area contributed by atoms with E-state index in [1.165, 1.54) is 0 Å². The van der Waals surface area contributed by atoms with Gasteiger partial charge in [-0.15, -0.1) is 0 Å². The van der Waals surface area contributed by atoms with Gasteiger partial charge in [-0.2, -0.15) is 0 Å². The van der Waals surface area contributed by atoms with Crippen LogP contribution < -0.4 is 4.74 Å². The van der Waals surface area contributed by atoms with Crippen molar-refractivity contribution in [2.45, 2.75) is 31.6 Å². The van der Waals surface area contributed by atoms with Gasteiger partial charge in [-0.1, -0.05) is 41.9 Å². The Balaban J connectivity index is 1.40. The van der Waals surface area contributed by atoms with Crippen LogP contribution in [0.15, 0.2) is 59.1 Å². The predicted molar refractivity (Wildman–Crippen MR) is 116 cm³/mol. The largest absolute Gasteiger partial charge is 0.496 e. The zero-order chi connectivity index (χ0) is 20.9. The van der Waals surface area contributed by atoms with Crippen molar-refractivity contribution in [2.75, 3.05) is 20.2 Å². The summed E-state index contributed by atoms with van der Waals surface area (Å²) in [6, 6.07) is 15.4. The molecule has 0 unspecified atom stereocenters. The number of carbonyl (C=O) groups excluding carboxylic acids is 1. The molecule has 1 fully saturated rings. The summed E-state index contributed by atoms with van der Waals surface area (Å²) in [5.41, 5.74) is 1.99. The van der Waals surface area contributed by atoms with Crippen molar-refractivity contribution in [3.63, 3.8) is 0 Å². The van der Waals surface area contributed by atoms with Gasteiger partial charge < -0.3 is 14.1 Å². The van der Waals surface area contributed by atoms with Crippen molar-refractivity contribution in [3.8, 4) is 5.75 Å². The van der Waals surface area contributed by atoms with Gasteiger partial charge in [-0.05, 0) is 36.6 Å². The number of methoxy groups -OCH3 is 1. The summed E-state index contributed by atoms with van der Waals surface area (Å²) in [5.74, 6) is 2.49. The number of piperidine rings is 1. The lowest BCUT2D eigenvalue weighted by atomic mass is 9.97. The molecule has 0 saturated carbocycles. The fourth-order valence-corrected chi connectivity index (χ4v) is 4.18. The number of likely N-dealkylation sites (tertiary alicyclic amines) is 1. The Morgan fingerprint density at radius 3 is 2.97 bits per heavy atom. The first-order valence-electron chi connectivity index (χ1n) is 10.2. The number of hydrogen-bond donors (Lipinski definition) is 0. The van der Waals surface area contributed by atoms with Crippen LogP contribution in [-0.4, -0.2) is 36.0 Å². The minimum atomic E-state index is 0.106. The van der Waals surface area contributed by atoms with E-state index >= 15 is 0 Å². The van der Waals surface area contributed by atoms with E-state index in [9.17, 15) is 4.79 Å². The molecule has 2 aromatic carbocycles. The molecule has 1 saturated heterocycles. The molecule has 0 N–H and O–H groups in total. The second-order valence-electron chi connectivity index (χ2n) is 7.64. The van der Waals surface area contributed by atoms with E-state index < -0.39 is 0 Å². The smallest absolute Gasteiger partial charge is 0.227 e. The molecule has 6 heteroatoms. The highest BCUT2D eigenvalue weighted by Crippen LogP contribution is 2.28. The normalized spacial score (nSPS) is 16.5. The third-order valence-electron chi connectivity index (χ3n) is 5.50. The minimum Gasteiger partial charge on any atom is -0.496 e. The van der Waals surface area contributed by atoms with Crippen LogP contribution in [0.3, 0.4) is 0 Å². The maximum Gasteiger partial charge on any atom is 0.227 e. The standard InChI is InChI=1S/C24H25ClN2O3/c1-29-22-10-3-2-7-18(22)14-23(28)27-11-5-8-19(16-27)24-26-15-21(30-24)13-17-6-4-9-20(25)12-17/h2-4,6-7,9-10,12,15,19H,5,8,11,13-14,16H2,1H3/t19-/m1/s1. The lowest BCUT2D eigenvalue weighted by Crippen LogP contribution is -2.40. The average molecular weight is 425 g/mol. The summed E-state index contributed by atoms with van der Waals surface area (Å²) in [6.45, 7) is 1.39. The maximum absolute atomic E-state index is 12.9. The third-order valence-corrected chi connectivity index (χ3v) is 5.73. The van der Waals surface area contributed by atoms with Crippen molar-refractivity contribution < 1.29 is 13.9 Å². The van der Waals surface area contributed by atoms with E-state index in [1.54, 1.807) is 13.3 Å². The second kappa shape index (κ2) is 9.35. The number of amides is 1. The first-order valence-corrected chi connectivity index (χ1v) is 10.6. The van der Waals surface area contributed by atoms with Crippen LogP contribution in [0.2, 0.25) is 5.02 Å². The zero-order valence-electron chi connectivity index (χ0n) is 17.0. The quantitative estimate of drug-likeness (QED) is 0.566. The van der Waals surface area contributed by atoms with E-state index in [0.717, 1.165) is 42.0 Å². The number of ether oxygens (including phenoxy) is 1. The molecule has 30 heavy (non-hydrogen) atoms. The lowest BCUT2D eigenvalue weighted by Gasteiger charge is -2.31. The van der Waals surface area contributed by atoms with Crippen LogP contribution in [0.1, 0.15) is 41.5 Å². The topological polar surface area (TPSA) is 55.6 Å². The number of rotatable bonds is 6. The van der Waals surface area contributed by atoms with Crippen LogP contribution in [0, 0.1) is 0 Å². The molecule has 156 valence electrons. The molecular formula is C24H25ClN2O3. The molecule has 4 rings (SSSR count). The van der Waals surface area contributed by atoms with Crippen molar-refractivity contribution in [3.05, 3.63) is 82.5 Å². The molecule has 1 aliphatic heterocycles. The van der Waals surface area contributed by atoms with Gasteiger partial charge in [0.25, 0.3) is 0 Å². The van der Waals surface area contributed by atoms with Gasteiger partial charge in [-0.25, -0.2) is 4.98 Å². The van der Waals surface area contributed by atoms with Gasteiger partial charge in [0.2, 0.25) is 5.91 Å². The first kappa shape index (κ1) is 20.5. The highest BCUT2D eigenvalue weighted by atomic mass is 35.5. The first-order chi connectivity index (χ1) is 14.6. The molecule has 5 nitrogen and oxygen atoms in total. The minimum absolute atomic E-state index is 0.106. The summed E-state index contributed by atoms with van der Waals surface area (Å²) in [5, 5.41) is 0.712. The van der Waals surface area contributed by atoms with Crippen LogP contribution in [0.25, 0.3) is 0 Å². The SMILES string of the molecule is COc1ccccc1CC(=O)N1CCC[C@@H](c2ncc(Cc3cccc(Cl)c3)o2)C1. The summed E-state index contributed by atoms with van der Waals surface area (Å²) in [7, 11) is 1.63. The molecule has 1 amide bonds. The fourth-order valence-electron chi connectivity index (χ4n) is 3.97. The van der Waals surface area contributed by atoms with Crippen LogP contribution in [0.5, 0.6) is 5.75 Å². The number of hydrogen-bond acceptors (Lipinski definition) is 4. The molecular weight excluding hydrogens is 400 g/mol. The van der Waals surface area contributed by atoms with Crippen molar-refractivity contribution in [1.82, 2.24) is 9.88 Å². The van der Waals surface area contributed by atoms with Crippen molar-refractivity contribution in [1.29, 1.82) is 0 Å². The number of para-hydroxylation sites is 1. The zero-order valence-corrected chi connectivity index (χ0v) is 17.8. The molecule has 0 radical (unpaired) electrons. The number of carbonyl (C=O) groups is 1. The summed E-state index contributed by atoms with van der Waals surface area (Å²) in [4.78, 5) is 19.3. The maximum atomic E-state index is 12.9. The van der Waals surface area contributed by atoms with Gasteiger partial charge in [0, 0.05) is 30.1 Å². The Kier molecular flexibility index (Phi) is 6.38. The summed E-state index contributed by atoms with van der Waals surface area (Å²) in [6.07, 6.45) is 4.68. The highest BCUT2D eigenvalue weighted by molar-refractivity contribution is 6.30. The van der Waals surface area contributed by atoms with Crippen LogP contribution in [0.4, 0.5) is 0 Å². The lowest BCUT2D eigenvalue weighted by molar-refractivity contribution is -0.131. The highest BCUT2D eigenvalue weighted by Gasteiger charge is 2.28. The molecule has 1 aliphatic rings. The molecule has 0 bridgehead atoms. The third kappa shape index (κ3) is 4.85. The molecule has 0 aliphatic carbocycles. The van der Waals surface area contributed by atoms with Gasteiger partial charge >= 0.3 is 0 Å². The predicted octanol–water partition coefficient (Wildman–Crippen LogP) is 4.88. The number of oxazole rings is 1.